The Morgan fingerprint density at radius 3 is 2.86 bits per heavy atom. The molecule has 1 aromatic rings. The summed E-state index contributed by atoms with van der Waals surface area (Å²) in [7, 11) is -1.70. The molecule has 0 radical (unpaired) electrons. The number of thiophene rings is 1. The molecule has 0 spiro atoms. The molecule has 0 saturated heterocycles. The van der Waals surface area contributed by atoms with Gasteiger partial charge in [0.15, 0.2) is 0 Å². The average Bonchev–Trinajstić information content (AvgIpc) is 3.16. The Labute approximate surface area is 131 Å². The van der Waals surface area contributed by atoms with E-state index in [0.29, 0.717) is 24.0 Å². The van der Waals surface area contributed by atoms with Gasteiger partial charge in [0.25, 0.3) is 0 Å². The van der Waals surface area contributed by atoms with E-state index < -0.39 is 10.0 Å². The molecule has 5 nitrogen and oxygen atoms in total. The summed E-state index contributed by atoms with van der Waals surface area (Å²) >= 11 is 1.50. The molecule has 1 saturated carbocycles. The van der Waals surface area contributed by atoms with Gasteiger partial charge >= 0.3 is 0 Å². The SMILES string of the molecule is COCCCCCNS(=O)(=O)c1ccsc1CNC1CC1. The van der Waals surface area contributed by atoms with E-state index in [1.807, 2.05) is 5.38 Å². The Hall–Kier alpha value is -0.470. The minimum absolute atomic E-state index is 0.428. The van der Waals surface area contributed by atoms with Crippen molar-refractivity contribution < 1.29 is 13.2 Å². The number of hydrogen-bond acceptors (Lipinski definition) is 5. The first-order valence-electron chi connectivity index (χ1n) is 7.42. The fraction of sp³-hybridized carbons (Fsp3) is 0.714. The zero-order valence-electron chi connectivity index (χ0n) is 12.4. The third-order valence-electron chi connectivity index (χ3n) is 3.44. The molecule has 2 rings (SSSR count). The summed E-state index contributed by atoms with van der Waals surface area (Å²) in [6, 6.07) is 2.28. The van der Waals surface area contributed by atoms with Gasteiger partial charge in [-0.2, -0.15) is 0 Å². The van der Waals surface area contributed by atoms with Crippen molar-refractivity contribution in [3.8, 4) is 0 Å². The van der Waals surface area contributed by atoms with Crippen LogP contribution < -0.4 is 10.0 Å². The van der Waals surface area contributed by atoms with Crippen LogP contribution in [0.5, 0.6) is 0 Å². The van der Waals surface area contributed by atoms with Crippen LogP contribution in [0.2, 0.25) is 0 Å². The van der Waals surface area contributed by atoms with Crippen molar-refractivity contribution in [2.75, 3.05) is 20.3 Å². The Bertz CT molecular complexity index is 524. The number of ether oxygens (including phenoxy) is 1. The van der Waals surface area contributed by atoms with Crippen LogP contribution in [0.15, 0.2) is 16.3 Å². The summed E-state index contributed by atoms with van der Waals surface area (Å²) in [4.78, 5) is 1.33. The molecule has 0 aliphatic heterocycles. The highest BCUT2D eigenvalue weighted by Crippen LogP contribution is 2.24. The molecule has 120 valence electrons. The number of unbranched alkanes of at least 4 members (excludes halogenated alkanes) is 2. The van der Waals surface area contributed by atoms with E-state index in [2.05, 4.69) is 10.0 Å². The van der Waals surface area contributed by atoms with Crippen LogP contribution in [-0.2, 0) is 21.3 Å². The van der Waals surface area contributed by atoms with E-state index in [-0.39, 0.29) is 0 Å². The largest absolute Gasteiger partial charge is 0.385 e. The van der Waals surface area contributed by atoms with E-state index in [9.17, 15) is 8.42 Å². The van der Waals surface area contributed by atoms with Crippen LogP contribution in [0, 0.1) is 0 Å². The Balaban J connectivity index is 1.79. The highest BCUT2D eigenvalue weighted by molar-refractivity contribution is 7.89. The van der Waals surface area contributed by atoms with E-state index in [4.69, 9.17) is 4.74 Å². The van der Waals surface area contributed by atoms with E-state index in [1.54, 1.807) is 13.2 Å². The molecule has 2 N–H and O–H groups in total. The van der Waals surface area contributed by atoms with Gasteiger partial charge < -0.3 is 10.1 Å². The van der Waals surface area contributed by atoms with Gasteiger partial charge in [0, 0.05) is 37.7 Å². The first-order valence-corrected chi connectivity index (χ1v) is 9.78. The second-order valence-corrected chi connectivity index (χ2v) is 8.05. The molecule has 1 fully saturated rings. The maximum absolute atomic E-state index is 12.3. The van der Waals surface area contributed by atoms with Crippen LogP contribution in [0.3, 0.4) is 0 Å². The number of nitrogens with one attached hydrogen (secondary N) is 2. The van der Waals surface area contributed by atoms with Gasteiger partial charge in [-0.3, -0.25) is 0 Å². The molecule has 0 unspecified atom stereocenters. The monoisotopic (exact) mass is 332 g/mol. The first-order chi connectivity index (χ1) is 10.1. The third-order valence-corrected chi connectivity index (χ3v) is 6.04. The average molecular weight is 332 g/mol. The highest BCUT2D eigenvalue weighted by Gasteiger charge is 2.23. The zero-order chi connectivity index (χ0) is 15.1. The van der Waals surface area contributed by atoms with Gasteiger partial charge in [-0.1, -0.05) is 0 Å². The van der Waals surface area contributed by atoms with Gasteiger partial charge in [-0.25, -0.2) is 13.1 Å². The zero-order valence-corrected chi connectivity index (χ0v) is 14.1. The second-order valence-electron chi connectivity index (χ2n) is 5.31. The van der Waals surface area contributed by atoms with Crippen molar-refractivity contribution >= 4 is 21.4 Å². The maximum atomic E-state index is 12.3. The molecule has 0 bridgehead atoms. The fourth-order valence-corrected chi connectivity index (χ4v) is 4.52. The lowest BCUT2D eigenvalue weighted by atomic mass is 10.2. The number of rotatable bonds is 11. The summed E-state index contributed by atoms with van der Waals surface area (Å²) in [5, 5.41) is 5.21. The lowest BCUT2D eigenvalue weighted by Gasteiger charge is -2.08. The van der Waals surface area contributed by atoms with E-state index >= 15 is 0 Å². The summed E-state index contributed by atoms with van der Waals surface area (Å²) in [6.45, 7) is 1.86. The van der Waals surface area contributed by atoms with Gasteiger partial charge in [0.1, 0.15) is 0 Å². The maximum Gasteiger partial charge on any atom is 0.241 e. The summed E-state index contributed by atoms with van der Waals surface area (Å²) in [6.07, 6.45) is 5.17. The summed E-state index contributed by atoms with van der Waals surface area (Å²) in [5.74, 6) is 0. The van der Waals surface area contributed by atoms with E-state index in [0.717, 1.165) is 30.7 Å². The van der Waals surface area contributed by atoms with Crippen molar-refractivity contribution in [3.63, 3.8) is 0 Å². The molecular formula is C14H24N2O3S2. The van der Waals surface area contributed by atoms with Gasteiger partial charge in [-0.15, -0.1) is 11.3 Å². The predicted molar refractivity (Wildman–Crippen MR) is 85.1 cm³/mol. The molecule has 1 aromatic heterocycles. The van der Waals surface area contributed by atoms with Gasteiger partial charge in [0.2, 0.25) is 10.0 Å². The Morgan fingerprint density at radius 2 is 2.14 bits per heavy atom. The molecule has 21 heavy (non-hydrogen) atoms. The van der Waals surface area contributed by atoms with Gasteiger partial charge in [-0.05, 0) is 43.6 Å². The Kier molecular flexibility index (Phi) is 6.63. The number of methoxy groups -OCH3 is 1. The lowest BCUT2D eigenvalue weighted by Crippen LogP contribution is -2.26. The number of sulfonamides is 1. The van der Waals surface area contributed by atoms with Crippen molar-refractivity contribution in [2.45, 2.75) is 49.6 Å². The van der Waals surface area contributed by atoms with E-state index in [1.165, 1.54) is 24.2 Å². The first kappa shape index (κ1) is 16.9. The summed E-state index contributed by atoms with van der Waals surface area (Å²) in [5.41, 5.74) is 0. The normalized spacial score (nSPS) is 15.5. The van der Waals surface area contributed by atoms with Crippen molar-refractivity contribution in [1.82, 2.24) is 10.0 Å². The highest BCUT2D eigenvalue weighted by atomic mass is 32.2. The molecule has 0 aromatic carbocycles. The van der Waals surface area contributed by atoms with Gasteiger partial charge in [0.05, 0.1) is 4.90 Å². The van der Waals surface area contributed by atoms with Crippen LogP contribution in [0.1, 0.15) is 37.0 Å². The molecule has 7 heteroatoms. The van der Waals surface area contributed by atoms with Crippen LogP contribution in [-0.4, -0.2) is 34.7 Å². The quantitative estimate of drug-likeness (QED) is 0.609. The molecular weight excluding hydrogens is 308 g/mol. The third kappa shape index (κ3) is 5.67. The summed E-state index contributed by atoms with van der Waals surface area (Å²) < 4.78 is 32.3. The topological polar surface area (TPSA) is 67.4 Å². The second kappa shape index (κ2) is 8.24. The number of hydrogen-bond donors (Lipinski definition) is 2. The minimum atomic E-state index is -3.38. The predicted octanol–water partition coefficient (Wildman–Crippen LogP) is 2.10. The van der Waals surface area contributed by atoms with Crippen LogP contribution in [0.25, 0.3) is 0 Å². The van der Waals surface area contributed by atoms with Crippen molar-refractivity contribution in [3.05, 3.63) is 16.3 Å². The molecule has 1 aliphatic rings. The fourth-order valence-electron chi connectivity index (χ4n) is 2.05. The van der Waals surface area contributed by atoms with Crippen molar-refractivity contribution in [1.29, 1.82) is 0 Å². The molecule has 0 amide bonds. The smallest absolute Gasteiger partial charge is 0.241 e. The standard InChI is InChI=1S/C14H24N2O3S2/c1-19-9-4-2-3-8-16-21(17,18)14-7-10-20-13(14)11-15-12-5-6-12/h7,10,12,15-16H,2-6,8-9,11H2,1H3. The lowest BCUT2D eigenvalue weighted by molar-refractivity contribution is 0.192. The minimum Gasteiger partial charge on any atom is -0.385 e. The molecule has 1 aliphatic carbocycles. The molecule has 0 atom stereocenters. The van der Waals surface area contributed by atoms with Crippen LogP contribution in [0.4, 0.5) is 0 Å². The molecule has 1 heterocycles. The van der Waals surface area contributed by atoms with Crippen LogP contribution >= 0.6 is 11.3 Å². The Morgan fingerprint density at radius 1 is 1.33 bits per heavy atom. The van der Waals surface area contributed by atoms with Crippen molar-refractivity contribution in [2.24, 2.45) is 0 Å².